The second-order valence-electron chi connectivity index (χ2n) is 5.95. The second kappa shape index (κ2) is 7.52. The molecule has 25 heavy (non-hydrogen) atoms. The molecular weight excluding hydrogens is 341 g/mol. The van der Waals surface area contributed by atoms with Crippen LogP contribution in [-0.2, 0) is 11.3 Å². The van der Waals surface area contributed by atoms with E-state index in [9.17, 15) is 9.18 Å². The maximum absolute atomic E-state index is 13.0. The molecule has 1 aromatic carbocycles. The van der Waals surface area contributed by atoms with Crippen LogP contribution in [0, 0.1) is 11.7 Å². The molecule has 1 atom stereocenters. The Morgan fingerprint density at radius 3 is 2.68 bits per heavy atom. The Hall–Kier alpha value is -2.61. The molecule has 1 amide bonds. The van der Waals surface area contributed by atoms with E-state index in [0.29, 0.717) is 11.4 Å². The van der Waals surface area contributed by atoms with Crippen LogP contribution >= 0.6 is 11.3 Å². The van der Waals surface area contributed by atoms with Crippen LogP contribution in [0.15, 0.2) is 41.8 Å². The molecule has 3 aromatic rings. The number of nitrogens with one attached hydrogen (secondary N) is 1. The summed E-state index contributed by atoms with van der Waals surface area (Å²) < 4.78 is 13.0. The lowest BCUT2D eigenvalue weighted by atomic mass is 10.0. The number of hydrogen-bond acceptors (Lipinski definition) is 5. The van der Waals surface area contributed by atoms with Gasteiger partial charge in [-0.3, -0.25) is 4.79 Å². The van der Waals surface area contributed by atoms with Crippen LogP contribution < -0.4 is 5.32 Å². The molecule has 8 heteroatoms. The maximum Gasteiger partial charge on any atom is 0.244 e. The fraction of sp³-hybridized carbons (Fsp3) is 0.294. The van der Waals surface area contributed by atoms with Gasteiger partial charge in [-0.1, -0.05) is 19.9 Å². The number of thiophene rings is 1. The third-order valence-corrected chi connectivity index (χ3v) is 4.63. The zero-order valence-electron chi connectivity index (χ0n) is 13.9. The van der Waals surface area contributed by atoms with E-state index in [1.165, 1.54) is 16.9 Å². The lowest BCUT2D eigenvalue weighted by Crippen LogP contribution is -2.34. The second-order valence-corrected chi connectivity index (χ2v) is 6.93. The number of tetrazole rings is 1. The highest BCUT2D eigenvalue weighted by Crippen LogP contribution is 2.25. The number of rotatable bonds is 6. The number of halogens is 1. The average molecular weight is 359 g/mol. The van der Waals surface area contributed by atoms with E-state index in [1.54, 1.807) is 23.5 Å². The van der Waals surface area contributed by atoms with E-state index < -0.39 is 0 Å². The third-order valence-electron chi connectivity index (χ3n) is 3.67. The molecule has 0 fully saturated rings. The van der Waals surface area contributed by atoms with Gasteiger partial charge in [0.25, 0.3) is 0 Å². The van der Waals surface area contributed by atoms with Gasteiger partial charge < -0.3 is 5.32 Å². The van der Waals surface area contributed by atoms with Crippen LogP contribution in [0.25, 0.3) is 11.4 Å². The lowest BCUT2D eigenvalue weighted by molar-refractivity contribution is -0.123. The monoisotopic (exact) mass is 359 g/mol. The number of benzene rings is 1. The molecule has 2 heterocycles. The van der Waals surface area contributed by atoms with Gasteiger partial charge in [-0.25, -0.2) is 4.39 Å². The minimum Gasteiger partial charge on any atom is -0.347 e. The first-order chi connectivity index (χ1) is 12.0. The topological polar surface area (TPSA) is 72.7 Å². The zero-order chi connectivity index (χ0) is 17.8. The molecule has 0 radical (unpaired) electrons. The van der Waals surface area contributed by atoms with E-state index in [2.05, 4.69) is 34.6 Å². The standard InChI is InChI=1S/C17H18FN5OS/c1-11(2)16(14-4-3-9-25-14)19-15(24)10-23-21-17(20-22-23)12-5-7-13(18)8-6-12/h3-9,11,16H,10H2,1-2H3,(H,19,24). The number of amides is 1. The van der Waals surface area contributed by atoms with Crippen LogP contribution in [-0.4, -0.2) is 26.1 Å². The van der Waals surface area contributed by atoms with E-state index in [4.69, 9.17) is 0 Å². The number of carbonyl (C=O) groups is 1. The highest BCUT2D eigenvalue weighted by atomic mass is 32.1. The summed E-state index contributed by atoms with van der Waals surface area (Å²) in [5.41, 5.74) is 0.645. The summed E-state index contributed by atoms with van der Waals surface area (Å²) in [5.74, 6) is 0.103. The molecule has 1 unspecified atom stereocenters. The van der Waals surface area contributed by atoms with Crippen molar-refractivity contribution < 1.29 is 9.18 Å². The van der Waals surface area contributed by atoms with Crippen molar-refractivity contribution in [3.63, 3.8) is 0 Å². The molecule has 0 saturated heterocycles. The molecule has 3 rings (SSSR count). The van der Waals surface area contributed by atoms with Crippen molar-refractivity contribution in [3.05, 3.63) is 52.5 Å². The van der Waals surface area contributed by atoms with Gasteiger partial charge in [0.15, 0.2) is 0 Å². The lowest BCUT2D eigenvalue weighted by Gasteiger charge is -2.21. The Morgan fingerprint density at radius 2 is 2.04 bits per heavy atom. The third kappa shape index (κ3) is 4.27. The van der Waals surface area contributed by atoms with Gasteiger partial charge in [-0.15, -0.1) is 21.5 Å². The Bertz CT molecular complexity index is 829. The average Bonchev–Trinajstić information content (AvgIpc) is 3.25. The fourth-order valence-electron chi connectivity index (χ4n) is 2.41. The molecule has 0 saturated carbocycles. The largest absolute Gasteiger partial charge is 0.347 e. The van der Waals surface area contributed by atoms with Crippen molar-refractivity contribution >= 4 is 17.2 Å². The Labute approximate surface area is 148 Å². The molecule has 0 aliphatic carbocycles. The van der Waals surface area contributed by atoms with Crippen LogP contribution in [0.2, 0.25) is 0 Å². The number of carbonyl (C=O) groups excluding carboxylic acids is 1. The van der Waals surface area contributed by atoms with Crippen molar-refractivity contribution in [2.75, 3.05) is 0 Å². The Kier molecular flexibility index (Phi) is 5.18. The fourth-order valence-corrected chi connectivity index (χ4v) is 3.36. The first kappa shape index (κ1) is 17.2. The number of nitrogens with zero attached hydrogens (tertiary/aromatic N) is 4. The quantitative estimate of drug-likeness (QED) is 0.734. The van der Waals surface area contributed by atoms with E-state index in [1.807, 2.05) is 17.5 Å². The molecule has 2 aromatic heterocycles. The van der Waals surface area contributed by atoms with Gasteiger partial charge in [-0.2, -0.15) is 4.80 Å². The molecular formula is C17H18FN5OS. The highest BCUT2D eigenvalue weighted by Gasteiger charge is 2.20. The molecule has 0 spiro atoms. The SMILES string of the molecule is CC(C)C(NC(=O)Cn1nnc(-c2ccc(F)cc2)n1)c1cccs1. The predicted octanol–water partition coefficient (Wildman–Crippen LogP) is 3.05. The van der Waals surface area contributed by atoms with Gasteiger partial charge in [0, 0.05) is 10.4 Å². The minimum atomic E-state index is -0.330. The Morgan fingerprint density at radius 1 is 1.28 bits per heavy atom. The summed E-state index contributed by atoms with van der Waals surface area (Å²) in [6.07, 6.45) is 0. The van der Waals surface area contributed by atoms with Crippen molar-refractivity contribution in [2.24, 2.45) is 5.92 Å². The van der Waals surface area contributed by atoms with E-state index >= 15 is 0 Å². The van der Waals surface area contributed by atoms with Crippen molar-refractivity contribution in [3.8, 4) is 11.4 Å². The summed E-state index contributed by atoms with van der Waals surface area (Å²) in [6.45, 7) is 4.10. The van der Waals surface area contributed by atoms with Crippen molar-refractivity contribution in [1.82, 2.24) is 25.5 Å². The van der Waals surface area contributed by atoms with E-state index in [0.717, 1.165) is 4.88 Å². The first-order valence-corrected chi connectivity index (χ1v) is 8.77. The van der Waals surface area contributed by atoms with Gasteiger partial charge in [0.05, 0.1) is 6.04 Å². The van der Waals surface area contributed by atoms with Gasteiger partial charge in [0.2, 0.25) is 11.7 Å². The normalized spacial score (nSPS) is 12.3. The smallest absolute Gasteiger partial charge is 0.244 e. The van der Waals surface area contributed by atoms with Crippen LogP contribution in [0.5, 0.6) is 0 Å². The summed E-state index contributed by atoms with van der Waals surface area (Å²) in [6, 6.07) is 9.73. The summed E-state index contributed by atoms with van der Waals surface area (Å²) in [4.78, 5) is 14.7. The van der Waals surface area contributed by atoms with Gasteiger partial charge >= 0.3 is 0 Å². The molecule has 0 aliphatic heterocycles. The Balaban J connectivity index is 1.66. The maximum atomic E-state index is 13.0. The minimum absolute atomic E-state index is 0.0250. The molecule has 130 valence electrons. The van der Waals surface area contributed by atoms with Gasteiger partial charge in [0.1, 0.15) is 12.4 Å². The zero-order valence-corrected chi connectivity index (χ0v) is 14.7. The summed E-state index contributed by atoms with van der Waals surface area (Å²) >= 11 is 1.61. The molecule has 1 N–H and O–H groups in total. The molecule has 0 aliphatic rings. The first-order valence-electron chi connectivity index (χ1n) is 7.89. The summed E-state index contributed by atoms with van der Waals surface area (Å²) in [5, 5.41) is 17.0. The van der Waals surface area contributed by atoms with E-state index in [-0.39, 0.29) is 30.2 Å². The van der Waals surface area contributed by atoms with Crippen LogP contribution in [0.4, 0.5) is 4.39 Å². The predicted molar refractivity (Wildman–Crippen MR) is 93.3 cm³/mol. The van der Waals surface area contributed by atoms with Crippen molar-refractivity contribution in [1.29, 1.82) is 0 Å². The number of hydrogen-bond donors (Lipinski definition) is 1. The highest BCUT2D eigenvalue weighted by molar-refractivity contribution is 7.10. The van der Waals surface area contributed by atoms with Crippen molar-refractivity contribution in [2.45, 2.75) is 26.4 Å². The molecule has 0 bridgehead atoms. The number of aromatic nitrogens is 4. The summed E-state index contributed by atoms with van der Waals surface area (Å²) in [7, 11) is 0. The molecule has 6 nitrogen and oxygen atoms in total. The van der Waals surface area contributed by atoms with Crippen LogP contribution in [0.1, 0.15) is 24.8 Å². The van der Waals surface area contributed by atoms with Gasteiger partial charge in [-0.05, 0) is 46.8 Å². The van der Waals surface area contributed by atoms with Crippen LogP contribution in [0.3, 0.4) is 0 Å².